The molecule has 0 aromatic heterocycles. The number of nitrogens with one attached hydrogen (secondary N) is 3. The lowest BCUT2D eigenvalue weighted by atomic mass is 10.1. The number of carbonyl (C=O) groups is 1. The third kappa shape index (κ3) is 11.9. The van der Waals surface area contributed by atoms with E-state index < -0.39 is 21.5 Å². The van der Waals surface area contributed by atoms with E-state index >= 15 is 0 Å². The average molecular weight is 532 g/mol. The SMILES string of the molecule is CCCCC(CNC(=O)OC(C)(C)C)NC(=NC)NCC1CCS(=O)(=O)C1.I. The second-order valence-corrected chi connectivity index (χ2v) is 10.3. The molecule has 3 N–H and O–H groups in total. The Kier molecular flexibility index (Phi) is 12.4. The molecule has 1 saturated heterocycles. The van der Waals surface area contributed by atoms with Crippen LogP contribution < -0.4 is 16.0 Å². The van der Waals surface area contributed by atoms with Gasteiger partial charge in [0.2, 0.25) is 0 Å². The molecule has 28 heavy (non-hydrogen) atoms. The van der Waals surface area contributed by atoms with Gasteiger partial charge in [-0.15, -0.1) is 24.0 Å². The Hall–Kier alpha value is -0.780. The molecule has 8 nitrogen and oxygen atoms in total. The monoisotopic (exact) mass is 532 g/mol. The van der Waals surface area contributed by atoms with E-state index in [-0.39, 0.29) is 47.4 Å². The van der Waals surface area contributed by atoms with Gasteiger partial charge in [0.05, 0.1) is 11.5 Å². The van der Waals surface area contributed by atoms with E-state index in [0.717, 1.165) is 19.3 Å². The van der Waals surface area contributed by atoms with E-state index in [9.17, 15) is 13.2 Å². The predicted molar refractivity (Wildman–Crippen MR) is 124 cm³/mol. The Bertz CT molecular complexity index is 605. The van der Waals surface area contributed by atoms with Crippen molar-refractivity contribution in [3.63, 3.8) is 0 Å². The van der Waals surface area contributed by atoms with Crippen molar-refractivity contribution in [2.75, 3.05) is 31.6 Å². The number of guanidine groups is 1. The van der Waals surface area contributed by atoms with Crippen molar-refractivity contribution in [2.45, 2.75) is 65.0 Å². The van der Waals surface area contributed by atoms with Gasteiger partial charge in [-0.05, 0) is 39.5 Å². The second-order valence-electron chi connectivity index (χ2n) is 8.09. The zero-order valence-electron chi connectivity index (χ0n) is 17.7. The Morgan fingerprint density at radius 1 is 1.29 bits per heavy atom. The van der Waals surface area contributed by atoms with Crippen molar-refractivity contribution >= 4 is 45.9 Å². The summed E-state index contributed by atoms with van der Waals surface area (Å²) in [6.07, 6.45) is 3.20. The Labute approximate surface area is 187 Å². The number of ether oxygens (including phenoxy) is 1. The van der Waals surface area contributed by atoms with Crippen LogP contribution in [-0.2, 0) is 14.6 Å². The lowest BCUT2D eigenvalue weighted by Crippen LogP contribution is -2.49. The van der Waals surface area contributed by atoms with Gasteiger partial charge in [0.1, 0.15) is 5.60 Å². The van der Waals surface area contributed by atoms with Crippen LogP contribution in [0.5, 0.6) is 0 Å². The molecule has 0 aromatic rings. The molecule has 1 aliphatic heterocycles. The largest absolute Gasteiger partial charge is 0.444 e. The van der Waals surface area contributed by atoms with Gasteiger partial charge in [0, 0.05) is 26.2 Å². The Morgan fingerprint density at radius 3 is 2.46 bits per heavy atom. The van der Waals surface area contributed by atoms with E-state index in [1.807, 2.05) is 20.8 Å². The topological polar surface area (TPSA) is 109 Å². The number of alkyl carbamates (subject to hydrolysis) is 1. The average Bonchev–Trinajstić information content (AvgIpc) is 2.90. The number of sulfone groups is 1. The van der Waals surface area contributed by atoms with Gasteiger partial charge in [0.15, 0.2) is 15.8 Å². The maximum absolute atomic E-state index is 11.9. The normalized spacial score (nSPS) is 20.0. The van der Waals surface area contributed by atoms with Crippen LogP contribution in [0, 0.1) is 5.92 Å². The fourth-order valence-electron chi connectivity index (χ4n) is 2.86. The highest BCUT2D eigenvalue weighted by atomic mass is 127. The Morgan fingerprint density at radius 2 is 1.96 bits per heavy atom. The quantitative estimate of drug-likeness (QED) is 0.252. The molecule has 10 heteroatoms. The summed E-state index contributed by atoms with van der Waals surface area (Å²) < 4.78 is 28.4. The summed E-state index contributed by atoms with van der Waals surface area (Å²) in [5.74, 6) is 1.23. The molecule has 0 bridgehead atoms. The fraction of sp³-hybridized carbons (Fsp3) is 0.889. The summed E-state index contributed by atoms with van der Waals surface area (Å²) in [4.78, 5) is 16.1. The third-order valence-corrected chi connectivity index (χ3v) is 6.08. The lowest BCUT2D eigenvalue weighted by Gasteiger charge is -2.24. The van der Waals surface area contributed by atoms with Crippen molar-refractivity contribution in [1.29, 1.82) is 0 Å². The van der Waals surface area contributed by atoms with Crippen LogP contribution in [-0.4, -0.2) is 63.8 Å². The first kappa shape index (κ1) is 27.2. The summed E-state index contributed by atoms with van der Waals surface area (Å²) in [6.45, 7) is 8.59. The van der Waals surface area contributed by atoms with E-state index in [2.05, 4.69) is 27.9 Å². The van der Waals surface area contributed by atoms with Gasteiger partial charge in [-0.2, -0.15) is 0 Å². The number of aliphatic imine (C=N–C) groups is 1. The standard InChI is InChI=1S/C18H36N4O4S.HI/c1-6-7-8-15(12-21-17(23)26-18(2,3)4)22-16(19-5)20-11-14-9-10-27(24,25)13-14;/h14-15H,6-13H2,1-5H3,(H,21,23)(H2,19,20,22);1H. The molecule has 0 radical (unpaired) electrons. The molecule has 1 fully saturated rings. The molecule has 1 rings (SSSR count). The van der Waals surface area contributed by atoms with Crippen LogP contribution in [0.2, 0.25) is 0 Å². The number of carbonyl (C=O) groups excluding carboxylic acids is 1. The number of rotatable bonds is 8. The molecular weight excluding hydrogens is 495 g/mol. The number of halogens is 1. The first-order valence-corrected chi connectivity index (χ1v) is 11.5. The minimum atomic E-state index is -2.88. The summed E-state index contributed by atoms with van der Waals surface area (Å²) in [7, 11) is -1.20. The molecule has 1 amide bonds. The molecule has 0 aliphatic carbocycles. The molecule has 1 heterocycles. The minimum absolute atomic E-state index is 0. The second kappa shape index (κ2) is 12.7. The van der Waals surface area contributed by atoms with Crippen molar-refractivity contribution in [3.8, 4) is 0 Å². The molecule has 166 valence electrons. The zero-order chi connectivity index (χ0) is 20.5. The van der Waals surface area contributed by atoms with E-state index in [1.54, 1.807) is 7.05 Å². The van der Waals surface area contributed by atoms with Gasteiger partial charge >= 0.3 is 6.09 Å². The van der Waals surface area contributed by atoms with Crippen molar-refractivity contribution in [1.82, 2.24) is 16.0 Å². The summed E-state index contributed by atoms with van der Waals surface area (Å²) in [6, 6.07) is 0.0102. The number of hydrogen-bond acceptors (Lipinski definition) is 5. The highest BCUT2D eigenvalue weighted by molar-refractivity contribution is 14.0. The van der Waals surface area contributed by atoms with Gasteiger partial charge in [-0.3, -0.25) is 4.99 Å². The molecule has 1 aliphatic rings. The summed E-state index contributed by atoms with van der Waals surface area (Å²) >= 11 is 0. The smallest absolute Gasteiger partial charge is 0.407 e. The van der Waals surface area contributed by atoms with Crippen LogP contribution in [0.4, 0.5) is 4.79 Å². The maximum Gasteiger partial charge on any atom is 0.407 e. The molecule has 0 spiro atoms. The van der Waals surface area contributed by atoms with Crippen LogP contribution in [0.3, 0.4) is 0 Å². The first-order chi connectivity index (χ1) is 12.5. The summed E-state index contributed by atoms with van der Waals surface area (Å²) in [5.41, 5.74) is -0.532. The minimum Gasteiger partial charge on any atom is -0.444 e. The maximum atomic E-state index is 11.9. The zero-order valence-corrected chi connectivity index (χ0v) is 20.9. The molecule has 2 atom stereocenters. The Balaban J connectivity index is 0.00000729. The highest BCUT2D eigenvalue weighted by Gasteiger charge is 2.28. The summed E-state index contributed by atoms with van der Waals surface area (Å²) in [5, 5.41) is 9.33. The van der Waals surface area contributed by atoms with E-state index in [0.29, 0.717) is 25.5 Å². The number of amides is 1. The third-order valence-electron chi connectivity index (χ3n) is 4.25. The molecule has 0 aromatic carbocycles. The number of hydrogen-bond donors (Lipinski definition) is 3. The fourth-order valence-corrected chi connectivity index (χ4v) is 4.72. The molecular formula is C18H37IN4O4S. The van der Waals surface area contributed by atoms with Crippen LogP contribution in [0.15, 0.2) is 4.99 Å². The predicted octanol–water partition coefficient (Wildman–Crippen LogP) is 2.29. The first-order valence-electron chi connectivity index (χ1n) is 9.69. The van der Waals surface area contributed by atoms with Crippen molar-refractivity contribution in [3.05, 3.63) is 0 Å². The van der Waals surface area contributed by atoms with Crippen molar-refractivity contribution in [2.24, 2.45) is 10.9 Å². The number of nitrogens with zero attached hydrogens (tertiary/aromatic N) is 1. The highest BCUT2D eigenvalue weighted by Crippen LogP contribution is 2.17. The van der Waals surface area contributed by atoms with E-state index in [1.165, 1.54) is 0 Å². The molecule has 2 unspecified atom stereocenters. The van der Waals surface area contributed by atoms with Gasteiger partial charge < -0.3 is 20.7 Å². The van der Waals surface area contributed by atoms with Crippen molar-refractivity contribution < 1.29 is 17.9 Å². The van der Waals surface area contributed by atoms with Crippen LogP contribution >= 0.6 is 24.0 Å². The lowest BCUT2D eigenvalue weighted by molar-refractivity contribution is 0.0522. The molecule has 0 saturated carbocycles. The van der Waals surface area contributed by atoms with Gasteiger partial charge in [0.25, 0.3) is 0 Å². The van der Waals surface area contributed by atoms with Crippen LogP contribution in [0.1, 0.15) is 53.4 Å². The van der Waals surface area contributed by atoms with Crippen LogP contribution in [0.25, 0.3) is 0 Å². The van der Waals surface area contributed by atoms with Gasteiger partial charge in [-0.1, -0.05) is 19.8 Å². The number of unbranched alkanes of at least 4 members (excludes halogenated alkanes) is 1. The van der Waals surface area contributed by atoms with E-state index in [4.69, 9.17) is 4.74 Å². The van der Waals surface area contributed by atoms with Gasteiger partial charge in [-0.25, -0.2) is 13.2 Å².